The van der Waals surface area contributed by atoms with Crippen LogP contribution < -0.4 is 10.6 Å². The minimum atomic E-state index is -0.642. The summed E-state index contributed by atoms with van der Waals surface area (Å²) in [5, 5.41) is 26.4. The Bertz CT molecular complexity index is 1380. The molecule has 4 N–H and O–H groups in total. The Labute approximate surface area is 279 Å². The standard InChI is InChI=1S/C38H51N3O6/c1-26-34(24-41(4)27(2)36(45)31-11-7-5-8-12-31)46-38(47-37(26)32-18-16-30(25-42)17-19-32)33-20-14-29(15-21-33)23-40-35(44)13-9-6-10-22-39-28(3)43/h5,7-8,11-12,14-21,26-27,34,36-38,42,45H,6,9-10,13,22-25H2,1-4H3,(H,39,43)(H,40,44)/t26-,27+,34+,36+,37+,38+/m1/s1. The van der Waals surface area contributed by atoms with Gasteiger partial charge in [-0.1, -0.05) is 92.2 Å². The molecule has 6 atom stereocenters. The number of ether oxygens (including phenoxy) is 2. The molecule has 0 unspecified atom stereocenters. The molecule has 1 saturated heterocycles. The quantitative estimate of drug-likeness (QED) is 0.155. The molecule has 3 aromatic carbocycles. The summed E-state index contributed by atoms with van der Waals surface area (Å²) in [5.74, 6) is -0.0135. The molecule has 2 amide bonds. The fraction of sp³-hybridized carbons (Fsp3) is 0.474. The minimum Gasteiger partial charge on any atom is -0.392 e. The summed E-state index contributed by atoms with van der Waals surface area (Å²) in [7, 11) is 2.01. The van der Waals surface area contributed by atoms with Crippen molar-refractivity contribution in [3.05, 3.63) is 107 Å². The summed E-state index contributed by atoms with van der Waals surface area (Å²) in [6, 6.07) is 25.4. The molecule has 47 heavy (non-hydrogen) atoms. The monoisotopic (exact) mass is 645 g/mol. The van der Waals surface area contributed by atoms with Gasteiger partial charge in [-0.25, -0.2) is 0 Å². The highest BCUT2D eigenvalue weighted by Gasteiger charge is 2.39. The lowest BCUT2D eigenvalue weighted by atomic mass is 9.89. The van der Waals surface area contributed by atoms with Crippen LogP contribution in [0.2, 0.25) is 0 Å². The molecule has 0 bridgehead atoms. The largest absolute Gasteiger partial charge is 0.392 e. The molecule has 9 heteroatoms. The van der Waals surface area contributed by atoms with E-state index in [1.165, 1.54) is 6.92 Å². The molecule has 0 spiro atoms. The maximum Gasteiger partial charge on any atom is 0.220 e. The Balaban J connectivity index is 1.40. The van der Waals surface area contributed by atoms with Crippen molar-refractivity contribution < 1.29 is 29.3 Å². The van der Waals surface area contributed by atoms with E-state index < -0.39 is 12.4 Å². The third-order valence-electron chi connectivity index (χ3n) is 9.08. The van der Waals surface area contributed by atoms with Crippen LogP contribution in [0.3, 0.4) is 0 Å². The van der Waals surface area contributed by atoms with Gasteiger partial charge in [0.2, 0.25) is 11.8 Å². The number of nitrogens with zero attached hydrogens (tertiary/aromatic N) is 1. The highest BCUT2D eigenvalue weighted by molar-refractivity contribution is 5.75. The summed E-state index contributed by atoms with van der Waals surface area (Å²) >= 11 is 0. The molecule has 0 radical (unpaired) electrons. The van der Waals surface area contributed by atoms with Gasteiger partial charge in [0.15, 0.2) is 6.29 Å². The SMILES string of the molecule is CC(=O)NCCCCCC(=O)NCc1ccc([C@H]2O[C@@H](CN(C)[C@@H](C)[C@H](O)c3ccccc3)[C@@H](C)[C@@H](c3ccc(CO)cc3)O2)cc1. The molecular weight excluding hydrogens is 594 g/mol. The van der Waals surface area contributed by atoms with Gasteiger partial charge >= 0.3 is 0 Å². The number of aliphatic hydroxyl groups is 2. The van der Waals surface area contributed by atoms with Gasteiger partial charge < -0.3 is 30.3 Å². The van der Waals surface area contributed by atoms with Gasteiger partial charge in [-0.2, -0.15) is 0 Å². The van der Waals surface area contributed by atoms with Crippen molar-refractivity contribution in [2.75, 3.05) is 20.1 Å². The lowest BCUT2D eigenvalue weighted by molar-refractivity contribution is -0.276. The second-order valence-corrected chi connectivity index (χ2v) is 12.7. The summed E-state index contributed by atoms with van der Waals surface area (Å²) in [4.78, 5) is 25.4. The molecule has 0 saturated carbocycles. The van der Waals surface area contributed by atoms with Gasteiger partial charge in [0.25, 0.3) is 0 Å². The van der Waals surface area contributed by atoms with Crippen molar-refractivity contribution in [2.24, 2.45) is 5.92 Å². The maximum atomic E-state index is 12.4. The fourth-order valence-corrected chi connectivity index (χ4v) is 5.88. The molecular formula is C38H51N3O6. The first kappa shape index (κ1) is 36.2. The number of unbranched alkanes of at least 4 members (excludes halogenated alkanes) is 2. The van der Waals surface area contributed by atoms with Crippen LogP contribution in [0.5, 0.6) is 0 Å². The third kappa shape index (κ3) is 10.7. The first-order chi connectivity index (χ1) is 22.7. The van der Waals surface area contributed by atoms with Gasteiger partial charge in [0.1, 0.15) is 0 Å². The Morgan fingerprint density at radius 3 is 2.19 bits per heavy atom. The van der Waals surface area contributed by atoms with E-state index in [9.17, 15) is 19.8 Å². The summed E-state index contributed by atoms with van der Waals surface area (Å²) in [5.41, 5.74) is 4.60. The van der Waals surface area contributed by atoms with Crippen molar-refractivity contribution in [1.29, 1.82) is 0 Å². The summed E-state index contributed by atoms with van der Waals surface area (Å²) in [6.07, 6.45) is 1.30. The van der Waals surface area contributed by atoms with Crippen LogP contribution in [0.25, 0.3) is 0 Å². The normalized spacial score (nSPS) is 20.8. The van der Waals surface area contributed by atoms with Crippen molar-refractivity contribution in [3.8, 4) is 0 Å². The smallest absolute Gasteiger partial charge is 0.220 e. The highest BCUT2D eigenvalue weighted by Crippen LogP contribution is 2.42. The number of carbonyl (C=O) groups excluding carboxylic acids is 2. The third-order valence-corrected chi connectivity index (χ3v) is 9.08. The lowest BCUT2D eigenvalue weighted by Crippen LogP contribution is -2.46. The first-order valence-corrected chi connectivity index (χ1v) is 16.7. The molecule has 0 aromatic heterocycles. The molecule has 3 aromatic rings. The number of hydrogen-bond acceptors (Lipinski definition) is 7. The van der Waals surface area contributed by atoms with Crippen molar-refractivity contribution in [3.63, 3.8) is 0 Å². The number of amides is 2. The number of aliphatic hydroxyl groups excluding tert-OH is 2. The molecule has 4 rings (SSSR count). The van der Waals surface area contributed by atoms with Crippen LogP contribution in [0.4, 0.5) is 0 Å². The zero-order valence-corrected chi connectivity index (χ0v) is 28.1. The number of hydrogen-bond donors (Lipinski definition) is 4. The zero-order valence-electron chi connectivity index (χ0n) is 28.1. The van der Waals surface area contributed by atoms with Gasteiger partial charge in [-0.05, 0) is 49.1 Å². The van der Waals surface area contributed by atoms with Gasteiger partial charge in [0.05, 0.1) is 24.9 Å². The van der Waals surface area contributed by atoms with Gasteiger partial charge in [0, 0.05) is 50.5 Å². The molecule has 1 aliphatic rings. The average Bonchev–Trinajstić information content (AvgIpc) is 3.09. The van der Waals surface area contributed by atoms with E-state index in [0.717, 1.165) is 47.1 Å². The van der Waals surface area contributed by atoms with E-state index in [1.54, 1.807) is 0 Å². The number of benzene rings is 3. The predicted octanol–water partition coefficient (Wildman–Crippen LogP) is 5.34. The van der Waals surface area contributed by atoms with Crippen LogP contribution >= 0.6 is 0 Å². The predicted molar refractivity (Wildman–Crippen MR) is 182 cm³/mol. The number of rotatable bonds is 16. The van der Waals surface area contributed by atoms with E-state index in [1.807, 2.05) is 92.8 Å². The van der Waals surface area contributed by atoms with Crippen LogP contribution in [0.15, 0.2) is 78.9 Å². The number of carbonyl (C=O) groups is 2. The Hall–Kier alpha value is -3.60. The topological polar surface area (TPSA) is 120 Å². The zero-order chi connectivity index (χ0) is 33.8. The summed E-state index contributed by atoms with van der Waals surface area (Å²) < 4.78 is 13.2. The molecule has 254 valence electrons. The van der Waals surface area contributed by atoms with Crippen molar-refractivity contribution in [2.45, 2.75) is 90.2 Å². The maximum absolute atomic E-state index is 12.4. The minimum absolute atomic E-state index is 0.00892. The first-order valence-electron chi connectivity index (χ1n) is 16.7. The number of nitrogens with one attached hydrogen (secondary N) is 2. The van der Waals surface area contributed by atoms with Gasteiger partial charge in [-0.3, -0.25) is 14.5 Å². The summed E-state index contributed by atoms with van der Waals surface area (Å²) in [6.45, 7) is 7.31. The van der Waals surface area contributed by atoms with E-state index >= 15 is 0 Å². The second kappa shape index (κ2) is 18.1. The lowest BCUT2D eigenvalue weighted by Gasteiger charge is -2.43. The van der Waals surface area contributed by atoms with E-state index in [0.29, 0.717) is 26.1 Å². The average molecular weight is 646 g/mol. The molecule has 0 aliphatic carbocycles. The van der Waals surface area contributed by atoms with Crippen LogP contribution in [-0.2, 0) is 32.2 Å². The van der Waals surface area contributed by atoms with E-state index in [4.69, 9.17) is 9.47 Å². The van der Waals surface area contributed by atoms with Crippen molar-refractivity contribution in [1.82, 2.24) is 15.5 Å². The fourth-order valence-electron chi connectivity index (χ4n) is 5.88. The molecule has 1 aliphatic heterocycles. The molecule has 9 nitrogen and oxygen atoms in total. The van der Waals surface area contributed by atoms with E-state index in [2.05, 4.69) is 22.5 Å². The van der Waals surface area contributed by atoms with E-state index in [-0.39, 0.29) is 42.6 Å². The highest BCUT2D eigenvalue weighted by atomic mass is 16.7. The Kier molecular flexibility index (Phi) is 13.9. The Morgan fingerprint density at radius 1 is 0.872 bits per heavy atom. The second-order valence-electron chi connectivity index (χ2n) is 12.7. The van der Waals surface area contributed by atoms with Crippen molar-refractivity contribution >= 4 is 11.8 Å². The van der Waals surface area contributed by atoms with Gasteiger partial charge in [-0.15, -0.1) is 0 Å². The van der Waals surface area contributed by atoms with Crippen LogP contribution in [0.1, 0.15) is 92.8 Å². The van der Waals surface area contributed by atoms with Crippen LogP contribution in [-0.4, -0.2) is 59.2 Å². The van der Waals surface area contributed by atoms with Crippen LogP contribution in [0, 0.1) is 5.92 Å². The molecule has 1 fully saturated rings. The molecule has 1 heterocycles. The number of likely N-dealkylation sites (N-methyl/N-ethyl adjacent to an activating group) is 1. The Morgan fingerprint density at radius 2 is 1.53 bits per heavy atom.